The molecule has 5 heteroatoms. The quantitative estimate of drug-likeness (QED) is 0.212. The second-order valence-corrected chi connectivity index (χ2v) is 6.81. The fourth-order valence-corrected chi connectivity index (χ4v) is 2.91. The van der Waals surface area contributed by atoms with Crippen molar-refractivity contribution in [2.45, 2.75) is 39.5 Å². The zero-order valence-electron chi connectivity index (χ0n) is 17.9. The highest BCUT2D eigenvalue weighted by Gasteiger charge is 2.20. The molecule has 2 aromatic rings. The number of esters is 1. The van der Waals surface area contributed by atoms with Gasteiger partial charge in [0.1, 0.15) is 23.1 Å². The molecule has 0 unspecified atom stereocenters. The van der Waals surface area contributed by atoms with Crippen LogP contribution in [0.15, 0.2) is 54.1 Å². The lowest BCUT2D eigenvalue weighted by Crippen LogP contribution is -2.07. The van der Waals surface area contributed by atoms with Gasteiger partial charge in [-0.25, -0.2) is 4.79 Å². The number of unbranched alkanes of at least 4 members (excludes halogenated alkanes) is 2. The average molecular weight is 408 g/mol. The molecule has 0 atom stereocenters. The van der Waals surface area contributed by atoms with Gasteiger partial charge in [-0.05, 0) is 48.2 Å². The Morgan fingerprint density at radius 1 is 0.900 bits per heavy atom. The number of benzene rings is 2. The molecule has 0 radical (unpaired) electrons. The minimum atomic E-state index is -0.679. The third-order valence-electron chi connectivity index (χ3n) is 4.53. The van der Waals surface area contributed by atoms with Crippen LogP contribution in [-0.2, 0) is 9.53 Å². The second-order valence-electron chi connectivity index (χ2n) is 6.81. The van der Waals surface area contributed by atoms with Gasteiger partial charge in [0.2, 0.25) is 0 Å². The number of hydrogen-bond donors (Lipinski definition) is 0. The smallest absolute Gasteiger partial charge is 0.349 e. The van der Waals surface area contributed by atoms with Crippen LogP contribution in [0.1, 0.15) is 50.7 Å². The fourth-order valence-electron chi connectivity index (χ4n) is 2.91. The first-order valence-electron chi connectivity index (χ1n) is 10.3. The number of nitriles is 1. The number of methoxy groups -OCH3 is 1. The Labute approximate surface area is 178 Å². The summed E-state index contributed by atoms with van der Waals surface area (Å²) in [5.41, 5.74) is 1.84. The highest BCUT2D eigenvalue weighted by Crippen LogP contribution is 2.32. The van der Waals surface area contributed by atoms with Crippen molar-refractivity contribution in [2.24, 2.45) is 0 Å². The molecule has 5 nitrogen and oxygen atoms in total. The molecule has 0 aliphatic heterocycles. The van der Waals surface area contributed by atoms with Crippen LogP contribution in [0.25, 0.3) is 5.57 Å². The van der Waals surface area contributed by atoms with Crippen molar-refractivity contribution in [1.82, 2.24) is 0 Å². The van der Waals surface area contributed by atoms with Crippen molar-refractivity contribution in [3.05, 3.63) is 65.2 Å². The molecule has 158 valence electrons. The minimum Gasteiger partial charge on any atom is -0.494 e. The van der Waals surface area contributed by atoms with E-state index in [4.69, 9.17) is 14.2 Å². The van der Waals surface area contributed by atoms with Crippen LogP contribution >= 0.6 is 0 Å². The molecule has 0 aliphatic rings. The Morgan fingerprint density at radius 3 is 1.80 bits per heavy atom. The van der Waals surface area contributed by atoms with Crippen molar-refractivity contribution in [3.8, 4) is 17.6 Å². The number of nitrogens with zero attached hydrogens (tertiary/aromatic N) is 1. The van der Waals surface area contributed by atoms with E-state index in [0.717, 1.165) is 25.7 Å². The molecule has 2 rings (SSSR count). The van der Waals surface area contributed by atoms with Crippen LogP contribution < -0.4 is 9.47 Å². The molecule has 0 N–H and O–H groups in total. The lowest BCUT2D eigenvalue weighted by Gasteiger charge is -2.14. The van der Waals surface area contributed by atoms with E-state index in [1.807, 2.05) is 54.6 Å². The topological polar surface area (TPSA) is 68.5 Å². The maximum atomic E-state index is 12.4. The minimum absolute atomic E-state index is 0.0612. The number of carbonyl (C=O) groups excluding carboxylic acids is 1. The summed E-state index contributed by atoms with van der Waals surface area (Å²) in [6, 6.07) is 16.8. The standard InChI is InChI=1S/C25H29NO4/c1-4-6-14-29-21-12-8-10-19(16-21)24(23(18-26)25(27)28-3)20-11-9-13-22(17-20)30-15-7-5-2/h8-13,16-17H,4-7,14-15H2,1-3H3. The van der Waals surface area contributed by atoms with Crippen LogP contribution in [0.5, 0.6) is 11.5 Å². The molecule has 0 aromatic heterocycles. The van der Waals surface area contributed by atoms with Crippen molar-refractivity contribution in [2.75, 3.05) is 20.3 Å². The van der Waals surface area contributed by atoms with Gasteiger partial charge in [0.15, 0.2) is 0 Å². The fraction of sp³-hybridized carbons (Fsp3) is 0.360. The second kappa shape index (κ2) is 12.3. The maximum Gasteiger partial charge on any atom is 0.349 e. The van der Waals surface area contributed by atoms with E-state index in [1.165, 1.54) is 7.11 Å². The van der Waals surface area contributed by atoms with E-state index in [2.05, 4.69) is 13.8 Å². The van der Waals surface area contributed by atoms with E-state index in [0.29, 0.717) is 41.4 Å². The molecule has 0 amide bonds. The van der Waals surface area contributed by atoms with Gasteiger partial charge >= 0.3 is 5.97 Å². The van der Waals surface area contributed by atoms with Gasteiger partial charge in [-0.1, -0.05) is 51.0 Å². The van der Waals surface area contributed by atoms with Gasteiger partial charge in [0.25, 0.3) is 0 Å². The number of ether oxygens (including phenoxy) is 3. The van der Waals surface area contributed by atoms with Gasteiger partial charge < -0.3 is 14.2 Å². The summed E-state index contributed by atoms with van der Waals surface area (Å²) in [4.78, 5) is 12.4. The lowest BCUT2D eigenvalue weighted by molar-refractivity contribution is -0.135. The molecule has 0 heterocycles. The van der Waals surface area contributed by atoms with Gasteiger partial charge in [-0.3, -0.25) is 0 Å². The summed E-state index contributed by atoms with van der Waals surface area (Å²) in [6.07, 6.45) is 3.98. The normalized spacial score (nSPS) is 10.1. The van der Waals surface area contributed by atoms with Crippen molar-refractivity contribution < 1.29 is 19.0 Å². The molecular weight excluding hydrogens is 378 g/mol. The monoisotopic (exact) mass is 407 g/mol. The van der Waals surface area contributed by atoms with Gasteiger partial charge in [0, 0.05) is 5.57 Å². The Hall–Kier alpha value is -3.26. The summed E-state index contributed by atoms with van der Waals surface area (Å²) >= 11 is 0. The molecule has 0 bridgehead atoms. The summed E-state index contributed by atoms with van der Waals surface area (Å²) in [7, 11) is 1.27. The predicted molar refractivity (Wildman–Crippen MR) is 117 cm³/mol. The highest BCUT2D eigenvalue weighted by molar-refractivity contribution is 6.05. The van der Waals surface area contributed by atoms with Gasteiger partial charge in [-0.2, -0.15) is 5.26 Å². The van der Waals surface area contributed by atoms with Crippen LogP contribution in [0, 0.1) is 11.3 Å². The first-order chi connectivity index (χ1) is 14.6. The van der Waals surface area contributed by atoms with Crippen LogP contribution in [-0.4, -0.2) is 26.3 Å². The van der Waals surface area contributed by atoms with E-state index < -0.39 is 5.97 Å². The van der Waals surface area contributed by atoms with Crippen molar-refractivity contribution in [1.29, 1.82) is 5.26 Å². The highest BCUT2D eigenvalue weighted by atomic mass is 16.5. The van der Waals surface area contributed by atoms with E-state index in [-0.39, 0.29) is 5.57 Å². The third kappa shape index (κ3) is 6.38. The number of rotatable bonds is 11. The van der Waals surface area contributed by atoms with Crippen LogP contribution in [0.2, 0.25) is 0 Å². The first-order valence-corrected chi connectivity index (χ1v) is 10.3. The summed E-state index contributed by atoms with van der Waals surface area (Å²) in [5, 5.41) is 9.73. The molecule has 0 fully saturated rings. The van der Waals surface area contributed by atoms with E-state index >= 15 is 0 Å². The first kappa shape index (κ1) is 23.0. The Bertz CT molecular complexity index is 856. The molecule has 0 aliphatic carbocycles. The van der Waals surface area contributed by atoms with Crippen molar-refractivity contribution in [3.63, 3.8) is 0 Å². The van der Waals surface area contributed by atoms with Gasteiger partial charge in [0.05, 0.1) is 20.3 Å². The third-order valence-corrected chi connectivity index (χ3v) is 4.53. The summed E-state index contributed by atoms with van der Waals surface area (Å²) in [6.45, 7) is 5.43. The SMILES string of the molecule is CCCCOc1cccc(C(=C(C#N)C(=O)OC)c2cccc(OCCCC)c2)c1. The summed E-state index contributed by atoms with van der Waals surface area (Å²) in [5.74, 6) is 0.703. The Morgan fingerprint density at radius 2 is 1.40 bits per heavy atom. The largest absolute Gasteiger partial charge is 0.494 e. The lowest BCUT2D eigenvalue weighted by atomic mass is 9.93. The molecule has 0 saturated carbocycles. The zero-order valence-corrected chi connectivity index (χ0v) is 17.9. The molecule has 0 saturated heterocycles. The van der Waals surface area contributed by atoms with Crippen LogP contribution in [0.3, 0.4) is 0 Å². The number of carbonyl (C=O) groups is 1. The number of hydrogen-bond acceptors (Lipinski definition) is 5. The molecule has 2 aromatic carbocycles. The Balaban J connectivity index is 2.52. The molecular formula is C25H29NO4. The maximum absolute atomic E-state index is 12.4. The van der Waals surface area contributed by atoms with Gasteiger partial charge in [-0.15, -0.1) is 0 Å². The summed E-state index contributed by atoms with van der Waals surface area (Å²) < 4.78 is 16.5. The zero-order chi connectivity index (χ0) is 21.8. The van der Waals surface area contributed by atoms with Crippen molar-refractivity contribution >= 4 is 11.5 Å². The van der Waals surface area contributed by atoms with Crippen LogP contribution in [0.4, 0.5) is 0 Å². The van der Waals surface area contributed by atoms with E-state index in [1.54, 1.807) is 0 Å². The molecule has 0 spiro atoms. The predicted octanol–water partition coefficient (Wildman–Crippen LogP) is 5.54. The Kier molecular flexibility index (Phi) is 9.47. The molecule has 30 heavy (non-hydrogen) atoms. The average Bonchev–Trinajstić information content (AvgIpc) is 2.77. The van der Waals surface area contributed by atoms with E-state index in [9.17, 15) is 10.1 Å².